The standard InChI is InChI=1S/C21H17N3O3/c25-16-9-5-14(6-10-16)13-22-24-20(15-7-11-17(26)12-8-15)23-19-4-2-1-3-18(19)21(24)27/h1-13,20,23,25-26H/b22-13+/t20-/m1/s1. The second-order valence-corrected chi connectivity index (χ2v) is 6.17. The Labute approximate surface area is 156 Å². The second-order valence-electron chi connectivity index (χ2n) is 6.17. The molecule has 1 aliphatic heterocycles. The lowest BCUT2D eigenvalue weighted by Gasteiger charge is -2.34. The maximum absolute atomic E-state index is 13.0. The zero-order chi connectivity index (χ0) is 18.8. The number of amides is 1. The van der Waals surface area contributed by atoms with Crippen LogP contribution in [0.3, 0.4) is 0 Å². The van der Waals surface area contributed by atoms with Gasteiger partial charge in [0.15, 0.2) is 6.17 Å². The molecule has 0 saturated carbocycles. The number of aromatic hydroxyl groups is 2. The maximum atomic E-state index is 13.0. The van der Waals surface area contributed by atoms with Crippen molar-refractivity contribution in [1.82, 2.24) is 5.01 Å². The van der Waals surface area contributed by atoms with E-state index in [4.69, 9.17) is 0 Å². The highest BCUT2D eigenvalue weighted by Gasteiger charge is 2.32. The minimum absolute atomic E-state index is 0.153. The third-order valence-electron chi connectivity index (χ3n) is 4.34. The number of carbonyl (C=O) groups is 1. The maximum Gasteiger partial charge on any atom is 0.278 e. The first-order valence-electron chi connectivity index (χ1n) is 8.43. The first kappa shape index (κ1) is 16.7. The van der Waals surface area contributed by atoms with Crippen molar-refractivity contribution in [3.63, 3.8) is 0 Å². The van der Waals surface area contributed by atoms with E-state index in [2.05, 4.69) is 10.4 Å². The van der Waals surface area contributed by atoms with Crippen molar-refractivity contribution in [1.29, 1.82) is 0 Å². The molecule has 3 aromatic rings. The molecule has 6 nitrogen and oxygen atoms in total. The molecule has 4 rings (SSSR count). The molecule has 27 heavy (non-hydrogen) atoms. The molecule has 3 N–H and O–H groups in total. The van der Waals surface area contributed by atoms with Crippen molar-refractivity contribution < 1.29 is 15.0 Å². The monoisotopic (exact) mass is 359 g/mol. The number of hydrogen-bond donors (Lipinski definition) is 3. The Morgan fingerprint density at radius 1 is 0.889 bits per heavy atom. The molecule has 1 amide bonds. The molecule has 1 heterocycles. The molecule has 6 heteroatoms. The highest BCUT2D eigenvalue weighted by Crippen LogP contribution is 2.33. The van der Waals surface area contributed by atoms with Crippen LogP contribution >= 0.6 is 0 Å². The highest BCUT2D eigenvalue weighted by molar-refractivity contribution is 6.02. The fourth-order valence-corrected chi connectivity index (χ4v) is 2.93. The zero-order valence-electron chi connectivity index (χ0n) is 14.3. The van der Waals surface area contributed by atoms with Crippen LogP contribution in [0.2, 0.25) is 0 Å². The van der Waals surface area contributed by atoms with E-state index in [-0.39, 0.29) is 17.4 Å². The predicted octanol–water partition coefficient (Wildman–Crippen LogP) is 3.70. The summed E-state index contributed by atoms with van der Waals surface area (Å²) in [6, 6.07) is 20.5. The van der Waals surface area contributed by atoms with Crippen LogP contribution in [-0.2, 0) is 0 Å². The minimum Gasteiger partial charge on any atom is -0.508 e. The molecule has 1 atom stereocenters. The molecule has 0 aromatic heterocycles. The molecule has 0 unspecified atom stereocenters. The van der Waals surface area contributed by atoms with Crippen LogP contribution in [0.1, 0.15) is 27.7 Å². The molecule has 0 fully saturated rings. The van der Waals surface area contributed by atoms with Crippen molar-refractivity contribution >= 4 is 17.8 Å². The van der Waals surface area contributed by atoms with Crippen molar-refractivity contribution in [3.05, 3.63) is 89.5 Å². The van der Waals surface area contributed by atoms with Gasteiger partial charge in [-0.25, -0.2) is 5.01 Å². The summed E-state index contributed by atoms with van der Waals surface area (Å²) in [7, 11) is 0. The van der Waals surface area contributed by atoms with E-state index in [0.717, 1.165) is 16.8 Å². The second kappa shape index (κ2) is 6.84. The van der Waals surface area contributed by atoms with Gasteiger partial charge in [0.05, 0.1) is 11.8 Å². The summed E-state index contributed by atoms with van der Waals surface area (Å²) in [5.41, 5.74) is 2.81. The van der Waals surface area contributed by atoms with Gasteiger partial charge in [-0.1, -0.05) is 24.3 Å². The Morgan fingerprint density at radius 2 is 1.52 bits per heavy atom. The van der Waals surface area contributed by atoms with Crippen LogP contribution in [0, 0.1) is 0 Å². The molecule has 1 aliphatic rings. The fraction of sp³-hybridized carbons (Fsp3) is 0.0476. The highest BCUT2D eigenvalue weighted by atomic mass is 16.3. The van der Waals surface area contributed by atoms with Gasteiger partial charge in [0.25, 0.3) is 5.91 Å². The number of para-hydroxylation sites is 1. The molecular weight excluding hydrogens is 342 g/mol. The lowest BCUT2D eigenvalue weighted by atomic mass is 10.0. The number of hydrazone groups is 1. The van der Waals surface area contributed by atoms with Crippen LogP contribution in [0.4, 0.5) is 5.69 Å². The number of benzene rings is 3. The van der Waals surface area contributed by atoms with Gasteiger partial charge in [0.1, 0.15) is 11.5 Å². The minimum atomic E-state index is -0.513. The van der Waals surface area contributed by atoms with Crippen LogP contribution in [-0.4, -0.2) is 27.3 Å². The number of hydrogen-bond acceptors (Lipinski definition) is 5. The van der Waals surface area contributed by atoms with Gasteiger partial charge < -0.3 is 15.5 Å². The molecule has 3 aromatic carbocycles. The third-order valence-corrected chi connectivity index (χ3v) is 4.34. The van der Waals surface area contributed by atoms with Crippen molar-refractivity contribution in [2.45, 2.75) is 6.17 Å². The smallest absolute Gasteiger partial charge is 0.278 e. The van der Waals surface area contributed by atoms with Crippen LogP contribution in [0.15, 0.2) is 77.9 Å². The average molecular weight is 359 g/mol. The van der Waals surface area contributed by atoms with Gasteiger partial charge in [0, 0.05) is 5.69 Å². The van der Waals surface area contributed by atoms with E-state index in [1.54, 1.807) is 66.9 Å². The normalized spacial score (nSPS) is 16.2. The summed E-state index contributed by atoms with van der Waals surface area (Å²) in [4.78, 5) is 13.0. The lowest BCUT2D eigenvalue weighted by Crippen LogP contribution is -2.39. The number of phenols is 2. The van der Waals surface area contributed by atoms with Gasteiger partial charge in [-0.15, -0.1) is 0 Å². The molecule has 0 saturated heterocycles. The van der Waals surface area contributed by atoms with E-state index in [1.165, 1.54) is 5.01 Å². The lowest BCUT2D eigenvalue weighted by molar-refractivity contribution is 0.0691. The van der Waals surface area contributed by atoms with Gasteiger partial charge in [0.2, 0.25) is 0 Å². The number of carbonyl (C=O) groups excluding carboxylic acids is 1. The predicted molar refractivity (Wildman–Crippen MR) is 103 cm³/mol. The van der Waals surface area contributed by atoms with Crippen LogP contribution < -0.4 is 5.32 Å². The summed E-state index contributed by atoms with van der Waals surface area (Å²) < 4.78 is 0. The molecule has 0 spiro atoms. The molecule has 0 bridgehead atoms. The number of nitrogens with one attached hydrogen (secondary N) is 1. The van der Waals surface area contributed by atoms with Crippen molar-refractivity contribution in [2.24, 2.45) is 5.10 Å². The number of fused-ring (bicyclic) bond motifs is 1. The quantitative estimate of drug-likeness (QED) is 0.623. The summed E-state index contributed by atoms with van der Waals surface area (Å²) in [5.74, 6) is 0.0941. The Bertz CT molecular complexity index is 998. The van der Waals surface area contributed by atoms with E-state index >= 15 is 0 Å². The Hall–Kier alpha value is -3.80. The fourth-order valence-electron chi connectivity index (χ4n) is 2.93. The van der Waals surface area contributed by atoms with Crippen LogP contribution in [0.25, 0.3) is 0 Å². The molecule has 0 radical (unpaired) electrons. The molecular formula is C21H17N3O3. The zero-order valence-corrected chi connectivity index (χ0v) is 14.3. The summed E-state index contributed by atoms with van der Waals surface area (Å²) in [6.45, 7) is 0. The summed E-state index contributed by atoms with van der Waals surface area (Å²) in [6.07, 6.45) is 1.06. The van der Waals surface area contributed by atoms with E-state index in [0.29, 0.717) is 5.56 Å². The first-order chi connectivity index (χ1) is 13.1. The van der Waals surface area contributed by atoms with Gasteiger partial charge in [-0.05, 0) is 59.7 Å². The Balaban J connectivity index is 1.73. The first-order valence-corrected chi connectivity index (χ1v) is 8.43. The number of nitrogens with zero attached hydrogens (tertiary/aromatic N) is 2. The van der Waals surface area contributed by atoms with Crippen LogP contribution in [0.5, 0.6) is 11.5 Å². The number of phenolic OH excluding ortho intramolecular Hbond substituents is 2. The SMILES string of the molecule is O=C1c2ccccc2N[C@@H](c2ccc(O)cc2)N1/N=C/c1ccc(O)cc1. The van der Waals surface area contributed by atoms with Gasteiger partial charge in [-0.2, -0.15) is 5.10 Å². The molecule has 134 valence electrons. The Kier molecular flexibility index (Phi) is 4.22. The topological polar surface area (TPSA) is 85.2 Å². The number of anilines is 1. The van der Waals surface area contributed by atoms with Gasteiger partial charge >= 0.3 is 0 Å². The summed E-state index contributed by atoms with van der Waals surface area (Å²) >= 11 is 0. The van der Waals surface area contributed by atoms with E-state index < -0.39 is 6.17 Å². The van der Waals surface area contributed by atoms with Crippen molar-refractivity contribution in [3.8, 4) is 11.5 Å². The number of rotatable bonds is 3. The summed E-state index contributed by atoms with van der Waals surface area (Å²) in [5, 5.41) is 28.1. The largest absolute Gasteiger partial charge is 0.508 e. The van der Waals surface area contributed by atoms with E-state index in [1.807, 2.05) is 12.1 Å². The van der Waals surface area contributed by atoms with E-state index in [9.17, 15) is 15.0 Å². The third kappa shape index (κ3) is 3.32. The Morgan fingerprint density at radius 3 is 2.22 bits per heavy atom. The van der Waals surface area contributed by atoms with Gasteiger partial charge in [-0.3, -0.25) is 4.79 Å². The molecule has 0 aliphatic carbocycles. The average Bonchev–Trinajstić information content (AvgIpc) is 2.69. The van der Waals surface area contributed by atoms with Crippen molar-refractivity contribution in [2.75, 3.05) is 5.32 Å².